The molecule has 0 unspecified atom stereocenters. The number of aliphatic carboxylic acids is 1. The normalized spacial score (nSPS) is 10.6. The molecular weight excluding hydrogens is 246 g/mol. The van der Waals surface area contributed by atoms with E-state index >= 15 is 0 Å². The molecule has 2 rings (SSSR count). The van der Waals surface area contributed by atoms with Crippen molar-refractivity contribution in [2.45, 2.75) is 19.4 Å². The quantitative estimate of drug-likeness (QED) is 0.842. The first-order valence-electron chi connectivity index (χ1n) is 5.94. The Labute approximate surface area is 110 Å². The molecule has 2 N–H and O–H groups in total. The number of nitrogens with one attached hydrogen (secondary N) is 1. The smallest absolute Gasteiger partial charge is 0.303 e. The minimum atomic E-state index is -0.968. The molecule has 0 saturated heterocycles. The molecule has 1 amide bonds. The molecule has 0 aliphatic heterocycles. The molecule has 1 aromatic heterocycles. The number of carbonyl (C=O) groups excluding carboxylic acids is 1. The number of amides is 1. The van der Waals surface area contributed by atoms with Crippen LogP contribution in [0.3, 0.4) is 0 Å². The number of nitrogens with zero attached hydrogens (tertiary/aromatic N) is 2. The maximum atomic E-state index is 11.4. The van der Waals surface area contributed by atoms with Gasteiger partial charge in [0.25, 0.3) is 0 Å². The van der Waals surface area contributed by atoms with Crippen molar-refractivity contribution in [1.82, 2.24) is 14.9 Å². The third-order valence-electron chi connectivity index (χ3n) is 2.85. The average molecular weight is 261 g/mol. The van der Waals surface area contributed by atoms with Gasteiger partial charge in [-0.1, -0.05) is 6.07 Å². The van der Waals surface area contributed by atoms with Crippen LogP contribution in [0.15, 0.2) is 24.5 Å². The highest BCUT2D eigenvalue weighted by Gasteiger charge is 2.06. The van der Waals surface area contributed by atoms with Gasteiger partial charge in [-0.3, -0.25) is 9.59 Å². The van der Waals surface area contributed by atoms with E-state index in [-0.39, 0.29) is 18.7 Å². The molecule has 0 fully saturated rings. The Morgan fingerprint density at radius 3 is 2.89 bits per heavy atom. The van der Waals surface area contributed by atoms with Crippen LogP contribution >= 0.6 is 0 Å². The third-order valence-corrected chi connectivity index (χ3v) is 2.85. The van der Waals surface area contributed by atoms with Crippen LogP contribution in [0.5, 0.6) is 0 Å². The number of hydrogen-bond donors (Lipinski definition) is 2. The van der Waals surface area contributed by atoms with Crippen LogP contribution in [0.2, 0.25) is 0 Å². The summed E-state index contributed by atoms with van der Waals surface area (Å²) in [4.78, 5) is 26.0. The molecule has 1 aromatic carbocycles. The van der Waals surface area contributed by atoms with Crippen molar-refractivity contribution < 1.29 is 14.7 Å². The number of carboxylic acids is 1. The van der Waals surface area contributed by atoms with Gasteiger partial charge in [0.1, 0.15) is 0 Å². The second-order valence-corrected chi connectivity index (χ2v) is 4.35. The van der Waals surface area contributed by atoms with E-state index in [2.05, 4.69) is 10.3 Å². The second kappa shape index (κ2) is 5.51. The van der Waals surface area contributed by atoms with E-state index in [0.29, 0.717) is 6.54 Å². The molecule has 0 aliphatic carbocycles. The van der Waals surface area contributed by atoms with Gasteiger partial charge in [-0.2, -0.15) is 0 Å². The first kappa shape index (κ1) is 13.1. The van der Waals surface area contributed by atoms with Crippen molar-refractivity contribution in [1.29, 1.82) is 0 Å². The van der Waals surface area contributed by atoms with Crippen LogP contribution in [-0.4, -0.2) is 26.5 Å². The molecule has 19 heavy (non-hydrogen) atoms. The first-order chi connectivity index (χ1) is 9.06. The summed E-state index contributed by atoms with van der Waals surface area (Å²) in [5, 5.41) is 11.2. The minimum Gasteiger partial charge on any atom is -0.481 e. The Hall–Kier alpha value is -2.37. The zero-order valence-corrected chi connectivity index (χ0v) is 10.6. The Kier molecular flexibility index (Phi) is 3.79. The molecule has 0 atom stereocenters. The minimum absolute atomic E-state index is 0.00116. The average Bonchev–Trinajstić information content (AvgIpc) is 2.75. The number of imidazole rings is 1. The molecule has 6 nitrogen and oxygen atoms in total. The fourth-order valence-electron chi connectivity index (χ4n) is 1.80. The predicted octanol–water partition coefficient (Wildman–Crippen LogP) is 1.05. The summed E-state index contributed by atoms with van der Waals surface area (Å²) in [6, 6.07) is 5.77. The number of carboxylic acid groups (broad SMARTS) is 1. The van der Waals surface area contributed by atoms with Gasteiger partial charge in [-0.05, 0) is 17.7 Å². The van der Waals surface area contributed by atoms with E-state index in [1.54, 1.807) is 6.33 Å². The standard InChI is InChI=1S/C13H15N3O3/c1-16-8-15-10-6-9(2-3-11(10)16)7-14-12(17)4-5-13(18)19/h2-3,6,8H,4-5,7H2,1H3,(H,14,17)(H,18,19). The van der Waals surface area contributed by atoms with Gasteiger partial charge in [0.15, 0.2) is 0 Å². The van der Waals surface area contributed by atoms with Crippen molar-refractivity contribution in [3.63, 3.8) is 0 Å². The Bertz CT molecular complexity index is 619. The van der Waals surface area contributed by atoms with E-state index in [9.17, 15) is 9.59 Å². The van der Waals surface area contributed by atoms with Crippen LogP contribution in [0.25, 0.3) is 11.0 Å². The number of aryl methyl sites for hydroxylation is 1. The zero-order chi connectivity index (χ0) is 13.8. The van der Waals surface area contributed by atoms with Crippen molar-refractivity contribution in [3.8, 4) is 0 Å². The van der Waals surface area contributed by atoms with Crippen LogP contribution in [0.4, 0.5) is 0 Å². The highest BCUT2D eigenvalue weighted by Crippen LogP contribution is 2.13. The van der Waals surface area contributed by atoms with Crippen LogP contribution in [0, 0.1) is 0 Å². The summed E-state index contributed by atoms with van der Waals surface area (Å²) in [6.45, 7) is 0.380. The fourth-order valence-corrected chi connectivity index (χ4v) is 1.80. The maximum absolute atomic E-state index is 11.4. The van der Waals surface area contributed by atoms with E-state index in [0.717, 1.165) is 16.6 Å². The van der Waals surface area contributed by atoms with Gasteiger partial charge in [0.05, 0.1) is 23.8 Å². The fraction of sp³-hybridized carbons (Fsp3) is 0.308. The van der Waals surface area contributed by atoms with E-state index in [1.165, 1.54) is 0 Å². The van der Waals surface area contributed by atoms with Crippen molar-refractivity contribution in [2.75, 3.05) is 0 Å². The molecule has 0 radical (unpaired) electrons. The number of benzene rings is 1. The molecule has 0 bridgehead atoms. The number of aromatic nitrogens is 2. The van der Waals surface area contributed by atoms with E-state index in [4.69, 9.17) is 5.11 Å². The van der Waals surface area contributed by atoms with E-state index < -0.39 is 5.97 Å². The van der Waals surface area contributed by atoms with Crippen LogP contribution in [0.1, 0.15) is 18.4 Å². The number of fused-ring (bicyclic) bond motifs is 1. The molecule has 0 aliphatic rings. The molecule has 100 valence electrons. The predicted molar refractivity (Wildman–Crippen MR) is 69.4 cm³/mol. The van der Waals surface area contributed by atoms with Gasteiger partial charge in [-0.15, -0.1) is 0 Å². The Morgan fingerprint density at radius 1 is 1.37 bits per heavy atom. The lowest BCUT2D eigenvalue weighted by Gasteiger charge is -2.04. The third kappa shape index (κ3) is 3.31. The van der Waals surface area contributed by atoms with Crippen LogP contribution < -0.4 is 5.32 Å². The molecule has 2 aromatic rings. The summed E-state index contributed by atoms with van der Waals surface area (Å²) in [5.74, 6) is -1.23. The summed E-state index contributed by atoms with van der Waals surface area (Å²) < 4.78 is 1.92. The van der Waals surface area contributed by atoms with Crippen molar-refractivity contribution in [2.24, 2.45) is 7.05 Å². The van der Waals surface area contributed by atoms with Gasteiger partial charge in [-0.25, -0.2) is 4.98 Å². The second-order valence-electron chi connectivity index (χ2n) is 4.35. The lowest BCUT2D eigenvalue weighted by molar-refractivity contribution is -0.138. The summed E-state index contributed by atoms with van der Waals surface area (Å²) in [7, 11) is 1.92. The highest BCUT2D eigenvalue weighted by atomic mass is 16.4. The molecule has 1 heterocycles. The number of hydrogen-bond acceptors (Lipinski definition) is 3. The van der Waals surface area contributed by atoms with Gasteiger partial charge < -0.3 is 15.0 Å². The monoisotopic (exact) mass is 261 g/mol. The highest BCUT2D eigenvalue weighted by molar-refractivity contribution is 5.81. The molecule has 6 heteroatoms. The van der Waals surface area contributed by atoms with Gasteiger partial charge in [0, 0.05) is 20.0 Å². The summed E-state index contributed by atoms with van der Waals surface area (Å²) >= 11 is 0. The van der Waals surface area contributed by atoms with Gasteiger partial charge in [0.2, 0.25) is 5.91 Å². The number of carbonyl (C=O) groups is 2. The first-order valence-corrected chi connectivity index (χ1v) is 5.94. The zero-order valence-electron chi connectivity index (χ0n) is 10.6. The molecule has 0 saturated carbocycles. The maximum Gasteiger partial charge on any atom is 0.303 e. The van der Waals surface area contributed by atoms with Crippen molar-refractivity contribution in [3.05, 3.63) is 30.1 Å². The van der Waals surface area contributed by atoms with Crippen molar-refractivity contribution >= 4 is 22.9 Å². The van der Waals surface area contributed by atoms with Crippen LogP contribution in [-0.2, 0) is 23.2 Å². The number of rotatable bonds is 5. The van der Waals surface area contributed by atoms with E-state index in [1.807, 2.05) is 29.8 Å². The summed E-state index contributed by atoms with van der Waals surface area (Å²) in [6.07, 6.45) is 1.59. The lowest BCUT2D eigenvalue weighted by atomic mass is 10.2. The molecular formula is C13H15N3O3. The Balaban J connectivity index is 1.94. The molecule has 0 spiro atoms. The topological polar surface area (TPSA) is 84.2 Å². The SMILES string of the molecule is Cn1cnc2cc(CNC(=O)CCC(=O)O)ccc21. The van der Waals surface area contributed by atoms with Gasteiger partial charge >= 0.3 is 5.97 Å². The Morgan fingerprint density at radius 2 is 2.16 bits per heavy atom. The largest absolute Gasteiger partial charge is 0.481 e. The lowest BCUT2D eigenvalue weighted by Crippen LogP contribution is -2.23. The summed E-state index contributed by atoms with van der Waals surface area (Å²) in [5.41, 5.74) is 2.84.